The van der Waals surface area contributed by atoms with Crippen LogP contribution in [0.25, 0.3) is 0 Å². The minimum Gasteiger partial charge on any atom is -0.366 e. The van der Waals surface area contributed by atoms with E-state index in [2.05, 4.69) is 45.3 Å². The lowest BCUT2D eigenvalue weighted by molar-refractivity contribution is 0.357. The molecule has 4 heteroatoms. The second kappa shape index (κ2) is 6.03. The quantitative estimate of drug-likeness (QED) is 0.918. The zero-order chi connectivity index (χ0) is 11.4. The predicted molar refractivity (Wildman–Crippen MR) is 75.5 cm³/mol. The maximum Gasteiger partial charge on any atom is 0.0917 e. The predicted octanol–water partition coefficient (Wildman–Crippen LogP) is 3.34. The van der Waals surface area contributed by atoms with Crippen LogP contribution in [0.1, 0.15) is 19.3 Å². The Morgan fingerprint density at radius 3 is 2.81 bits per heavy atom. The second-order valence-corrected chi connectivity index (χ2v) is 6.92. The van der Waals surface area contributed by atoms with Crippen molar-refractivity contribution in [3.05, 3.63) is 15.9 Å². The van der Waals surface area contributed by atoms with Gasteiger partial charge in [0.15, 0.2) is 0 Å². The molecule has 0 bridgehead atoms. The first-order chi connectivity index (χ1) is 7.75. The molecular weight excluding hydrogens is 284 g/mol. The Morgan fingerprint density at radius 2 is 2.19 bits per heavy atom. The van der Waals surface area contributed by atoms with E-state index in [0.29, 0.717) is 0 Å². The maximum absolute atomic E-state index is 3.51. The highest BCUT2D eigenvalue weighted by Crippen LogP contribution is 2.29. The van der Waals surface area contributed by atoms with Gasteiger partial charge < -0.3 is 10.2 Å². The van der Waals surface area contributed by atoms with Gasteiger partial charge in [-0.3, -0.25) is 0 Å². The van der Waals surface area contributed by atoms with Crippen LogP contribution in [0.2, 0.25) is 0 Å². The maximum atomic E-state index is 3.51. The average Bonchev–Trinajstić information content (AvgIpc) is 2.74. The van der Waals surface area contributed by atoms with Gasteiger partial charge in [-0.15, -0.1) is 11.3 Å². The lowest BCUT2D eigenvalue weighted by atomic mass is 9.94. The largest absolute Gasteiger partial charge is 0.366 e. The van der Waals surface area contributed by atoms with Crippen LogP contribution in [0, 0.1) is 5.92 Å². The standard InChI is InChI=1S/C12H19BrN2S/c1-15(12-3-2-11(13)16-12)9-6-10-4-7-14-8-5-10/h2-3,10,14H,4-9H2,1H3. The van der Waals surface area contributed by atoms with E-state index in [-0.39, 0.29) is 0 Å². The van der Waals surface area contributed by atoms with Gasteiger partial charge in [0.25, 0.3) is 0 Å². The van der Waals surface area contributed by atoms with Crippen LogP contribution < -0.4 is 10.2 Å². The molecular formula is C12H19BrN2S. The summed E-state index contributed by atoms with van der Waals surface area (Å²) in [5.74, 6) is 0.923. The highest BCUT2D eigenvalue weighted by Gasteiger charge is 2.14. The van der Waals surface area contributed by atoms with Crippen molar-refractivity contribution in [1.82, 2.24) is 5.32 Å². The zero-order valence-corrected chi connectivity index (χ0v) is 12.1. The molecule has 1 N–H and O–H groups in total. The third kappa shape index (κ3) is 3.47. The Kier molecular flexibility index (Phi) is 4.67. The number of halogens is 1. The van der Waals surface area contributed by atoms with Gasteiger partial charge in [-0.05, 0) is 66.3 Å². The number of hydrogen-bond donors (Lipinski definition) is 1. The van der Waals surface area contributed by atoms with E-state index in [4.69, 9.17) is 0 Å². The van der Waals surface area contributed by atoms with Crippen molar-refractivity contribution in [2.45, 2.75) is 19.3 Å². The van der Waals surface area contributed by atoms with E-state index in [0.717, 1.165) is 5.92 Å². The first kappa shape index (κ1) is 12.4. The molecule has 1 saturated heterocycles. The first-order valence-electron chi connectivity index (χ1n) is 5.93. The molecule has 2 nitrogen and oxygen atoms in total. The average molecular weight is 303 g/mol. The Balaban J connectivity index is 1.76. The molecule has 2 heterocycles. The molecule has 0 radical (unpaired) electrons. The topological polar surface area (TPSA) is 15.3 Å². The third-order valence-electron chi connectivity index (χ3n) is 3.27. The van der Waals surface area contributed by atoms with Gasteiger partial charge in [0, 0.05) is 13.6 Å². The van der Waals surface area contributed by atoms with Crippen molar-refractivity contribution >= 4 is 32.3 Å². The molecule has 16 heavy (non-hydrogen) atoms. The molecule has 0 unspecified atom stereocenters. The number of piperidine rings is 1. The Hall–Kier alpha value is -0.0600. The van der Waals surface area contributed by atoms with Gasteiger partial charge in [-0.25, -0.2) is 0 Å². The summed E-state index contributed by atoms with van der Waals surface area (Å²) in [4.78, 5) is 2.37. The van der Waals surface area contributed by atoms with Crippen LogP contribution in [0.4, 0.5) is 5.00 Å². The highest BCUT2D eigenvalue weighted by molar-refractivity contribution is 9.11. The van der Waals surface area contributed by atoms with E-state index in [1.807, 2.05) is 11.3 Å². The second-order valence-electron chi connectivity index (χ2n) is 4.48. The van der Waals surface area contributed by atoms with Crippen LogP contribution in [0.3, 0.4) is 0 Å². The monoisotopic (exact) mass is 302 g/mol. The van der Waals surface area contributed by atoms with Crippen LogP contribution in [0.5, 0.6) is 0 Å². The summed E-state index contributed by atoms with van der Waals surface area (Å²) >= 11 is 5.32. The molecule has 1 aromatic heterocycles. The van der Waals surface area contributed by atoms with Gasteiger partial charge in [0.2, 0.25) is 0 Å². The summed E-state index contributed by atoms with van der Waals surface area (Å²) in [7, 11) is 2.19. The van der Waals surface area contributed by atoms with Gasteiger partial charge in [-0.1, -0.05) is 0 Å². The van der Waals surface area contributed by atoms with E-state index in [1.165, 1.54) is 47.7 Å². The van der Waals surface area contributed by atoms with Crippen molar-refractivity contribution in [2.24, 2.45) is 5.92 Å². The van der Waals surface area contributed by atoms with Crippen molar-refractivity contribution in [3.8, 4) is 0 Å². The minimum absolute atomic E-state index is 0.923. The molecule has 1 aliphatic rings. The van der Waals surface area contributed by atoms with E-state index < -0.39 is 0 Å². The lowest BCUT2D eigenvalue weighted by Crippen LogP contribution is -2.30. The third-order valence-corrected chi connectivity index (χ3v) is 5.00. The van der Waals surface area contributed by atoms with Gasteiger partial charge in [-0.2, -0.15) is 0 Å². The Labute approximate surface area is 110 Å². The lowest BCUT2D eigenvalue weighted by Gasteiger charge is -2.25. The molecule has 1 aliphatic heterocycles. The van der Waals surface area contributed by atoms with Crippen LogP contribution in [-0.4, -0.2) is 26.7 Å². The molecule has 0 saturated carbocycles. The summed E-state index contributed by atoms with van der Waals surface area (Å²) in [6.45, 7) is 3.59. The fourth-order valence-electron chi connectivity index (χ4n) is 2.17. The first-order valence-corrected chi connectivity index (χ1v) is 7.54. The van der Waals surface area contributed by atoms with Gasteiger partial charge >= 0.3 is 0 Å². The Bertz CT molecular complexity index is 321. The van der Waals surface area contributed by atoms with Gasteiger partial charge in [0.1, 0.15) is 0 Å². The smallest absolute Gasteiger partial charge is 0.0917 e. The summed E-state index contributed by atoms with van der Waals surface area (Å²) in [5, 5.41) is 4.78. The van der Waals surface area contributed by atoms with E-state index >= 15 is 0 Å². The van der Waals surface area contributed by atoms with Crippen molar-refractivity contribution in [3.63, 3.8) is 0 Å². The van der Waals surface area contributed by atoms with Crippen LogP contribution in [-0.2, 0) is 0 Å². The number of thiophene rings is 1. The number of anilines is 1. The molecule has 90 valence electrons. The highest BCUT2D eigenvalue weighted by atomic mass is 79.9. The molecule has 1 aromatic rings. The molecule has 0 spiro atoms. The minimum atomic E-state index is 0.923. The van der Waals surface area contributed by atoms with E-state index in [1.54, 1.807) is 0 Å². The fourth-order valence-corrected chi connectivity index (χ4v) is 3.52. The molecule has 1 fully saturated rings. The van der Waals surface area contributed by atoms with Crippen LogP contribution >= 0.6 is 27.3 Å². The number of hydrogen-bond acceptors (Lipinski definition) is 3. The summed E-state index contributed by atoms with van der Waals surface area (Å²) in [6, 6.07) is 4.32. The summed E-state index contributed by atoms with van der Waals surface area (Å²) in [5.41, 5.74) is 0. The molecule has 0 aromatic carbocycles. The number of rotatable bonds is 4. The van der Waals surface area contributed by atoms with Gasteiger partial charge in [0.05, 0.1) is 8.79 Å². The molecule has 0 atom stereocenters. The zero-order valence-electron chi connectivity index (χ0n) is 9.71. The van der Waals surface area contributed by atoms with Crippen molar-refractivity contribution in [1.29, 1.82) is 0 Å². The summed E-state index contributed by atoms with van der Waals surface area (Å²) < 4.78 is 1.22. The SMILES string of the molecule is CN(CCC1CCNCC1)c1ccc(Br)s1. The Morgan fingerprint density at radius 1 is 1.44 bits per heavy atom. The van der Waals surface area contributed by atoms with Crippen molar-refractivity contribution in [2.75, 3.05) is 31.6 Å². The number of nitrogens with one attached hydrogen (secondary N) is 1. The molecule has 0 amide bonds. The molecule has 2 rings (SSSR count). The summed E-state index contributed by atoms with van der Waals surface area (Å²) in [6.07, 6.45) is 4.03. The molecule has 0 aliphatic carbocycles. The van der Waals surface area contributed by atoms with Crippen LogP contribution in [0.15, 0.2) is 15.9 Å². The van der Waals surface area contributed by atoms with E-state index in [9.17, 15) is 0 Å². The number of nitrogens with zero attached hydrogens (tertiary/aromatic N) is 1. The normalized spacial score (nSPS) is 17.6. The van der Waals surface area contributed by atoms with Crippen molar-refractivity contribution < 1.29 is 0 Å². The fraction of sp³-hybridized carbons (Fsp3) is 0.667.